The van der Waals surface area contributed by atoms with E-state index in [-0.39, 0.29) is 0 Å². The van der Waals surface area contributed by atoms with Gasteiger partial charge in [-0.3, -0.25) is 4.98 Å². The van der Waals surface area contributed by atoms with E-state index < -0.39 is 29.8 Å². The topological polar surface area (TPSA) is 136 Å². The van der Waals surface area contributed by atoms with Crippen LogP contribution in [0, 0.1) is 19.8 Å². The Labute approximate surface area is 191 Å². The van der Waals surface area contributed by atoms with Crippen LogP contribution in [0.15, 0.2) is 12.3 Å². The first-order valence-corrected chi connectivity index (χ1v) is 11.6. The van der Waals surface area contributed by atoms with Gasteiger partial charge in [0.2, 0.25) is 5.95 Å². The summed E-state index contributed by atoms with van der Waals surface area (Å²) in [5.74, 6) is 0.541. The minimum absolute atomic E-state index is 0.397. The maximum Gasteiger partial charge on any atom is 0.224 e. The Morgan fingerprint density at radius 2 is 1.88 bits per heavy atom. The first-order valence-electron chi connectivity index (χ1n) is 10.8. The van der Waals surface area contributed by atoms with Crippen LogP contribution in [0.4, 0.5) is 11.8 Å². The van der Waals surface area contributed by atoms with Crippen molar-refractivity contribution in [3.05, 3.63) is 23.7 Å². The Kier molecular flexibility index (Phi) is 6.06. The summed E-state index contributed by atoms with van der Waals surface area (Å²) in [6, 6.07) is 1.45. The lowest BCUT2D eigenvalue weighted by molar-refractivity contribution is -0.0601. The van der Waals surface area contributed by atoms with Crippen LogP contribution in [0.5, 0.6) is 0 Å². The number of anilines is 2. The summed E-state index contributed by atoms with van der Waals surface area (Å²) in [5.41, 5.74) is 2.07. The van der Waals surface area contributed by atoms with E-state index >= 15 is 0 Å². The molecule has 0 unspecified atom stereocenters. The third-order valence-electron chi connectivity index (χ3n) is 6.04. The summed E-state index contributed by atoms with van der Waals surface area (Å²) in [5, 5.41) is 38.9. The van der Waals surface area contributed by atoms with Crippen LogP contribution in [-0.4, -0.2) is 65.7 Å². The molecule has 4 atom stereocenters. The fourth-order valence-corrected chi connectivity index (χ4v) is 5.42. The summed E-state index contributed by atoms with van der Waals surface area (Å²) >= 11 is 1.53. The molecule has 1 saturated carbocycles. The molecule has 3 heterocycles. The molecule has 32 heavy (non-hydrogen) atoms. The lowest BCUT2D eigenvalue weighted by Crippen LogP contribution is -2.40. The van der Waals surface area contributed by atoms with E-state index in [0.717, 1.165) is 32.2 Å². The Balaban J connectivity index is 1.77. The van der Waals surface area contributed by atoms with E-state index in [4.69, 9.17) is 4.98 Å². The summed E-state index contributed by atoms with van der Waals surface area (Å²) < 4.78 is 1.02. The van der Waals surface area contributed by atoms with Crippen molar-refractivity contribution in [2.24, 2.45) is 5.92 Å². The molecule has 4 rings (SSSR count). The molecule has 1 fully saturated rings. The number of fused-ring (bicyclic) bond motifs is 1. The molecule has 5 N–H and O–H groups in total. The molecule has 0 bridgehead atoms. The molecule has 9 nitrogen and oxygen atoms in total. The van der Waals surface area contributed by atoms with E-state index in [9.17, 15) is 15.3 Å². The predicted molar refractivity (Wildman–Crippen MR) is 126 cm³/mol. The Hall–Kier alpha value is -2.40. The van der Waals surface area contributed by atoms with Gasteiger partial charge in [0.25, 0.3) is 0 Å². The highest BCUT2D eigenvalue weighted by Gasteiger charge is 2.47. The average molecular weight is 459 g/mol. The van der Waals surface area contributed by atoms with Crippen LogP contribution in [0.25, 0.3) is 20.8 Å². The molecule has 0 aliphatic heterocycles. The van der Waals surface area contributed by atoms with Gasteiger partial charge in [-0.15, -0.1) is 11.3 Å². The van der Waals surface area contributed by atoms with Crippen molar-refractivity contribution in [1.29, 1.82) is 0 Å². The number of hydrogen-bond acceptors (Lipinski definition) is 10. The van der Waals surface area contributed by atoms with Crippen LogP contribution in [-0.2, 0) is 0 Å². The molecule has 0 amide bonds. The van der Waals surface area contributed by atoms with Crippen molar-refractivity contribution in [2.75, 3.05) is 17.2 Å². The fraction of sp³-hybridized carbons (Fsp3) is 0.545. The lowest BCUT2D eigenvalue weighted by atomic mass is 9.88. The number of aliphatic hydroxyl groups is 3. The molecule has 1 aliphatic carbocycles. The molecule has 0 spiro atoms. The largest absolute Gasteiger partial charge is 0.390 e. The smallest absolute Gasteiger partial charge is 0.224 e. The minimum Gasteiger partial charge on any atom is -0.390 e. The third-order valence-corrected chi connectivity index (χ3v) is 7.08. The summed E-state index contributed by atoms with van der Waals surface area (Å²) in [4.78, 5) is 18.4. The fourth-order valence-electron chi connectivity index (χ4n) is 4.31. The highest BCUT2D eigenvalue weighted by Crippen LogP contribution is 2.40. The maximum atomic E-state index is 10.7. The van der Waals surface area contributed by atoms with Crippen LogP contribution >= 0.6 is 11.3 Å². The van der Waals surface area contributed by atoms with Gasteiger partial charge in [-0.05, 0) is 47.1 Å². The standard InChI is InChI=1S/C22H30N6O3S/c1-6-23-21-25-10(2)15(20-27-16-11(3)24-8-7-14(16)32-20)19(28-21)26-13-9-12(22(4,5)31)17(29)18(13)30/h7-8,12-13,17-18,29-31H,6,9H2,1-5H3,(H2,23,25,26,28)/t12-,13+,17+,18-/m0/s1. The highest BCUT2D eigenvalue weighted by molar-refractivity contribution is 7.21. The number of rotatable bonds is 6. The van der Waals surface area contributed by atoms with Gasteiger partial charge in [-0.25, -0.2) is 9.97 Å². The average Bonchev–Trinajstić information content (AvgIpc) is 3.25. The molecule has 1 aliphatic rings. The summed E-state index contributed by atoms with van der Waals surface area (Å²) in [6.45, 7) is 9.76. The van der Waals surface area contributed by atoms with Crippen LogP contribution in [0.1, 0.15) is 38.6 Å². The first kappa shape index (κ1) is 22.8. The van der Waals surface area contributed by atoms with Gasteiger partial charge in [-0.1, -0.05) is 0 Å². The van der Waals surface area contributed by atoms with Gasteiger partial charge in [0.1, 0.15) is 22.4 Å². The van der Waals surface area contributed by atoms with E-state index in [1.54, 1.807) is 20.0 Å². The number of pyridine rings is 1. The molecule has 0 radical (unpaired) electrons. The Morgan fingerprint density at radius 1 is 1.12 bits per heavy atom. The molecular weight excluding hydrogens is 428 g/mol. The minimum atomic E-state index is -1.12. The van der Waals surface area contributed by atoms with E-state index in [0.29, 0.717) is 24.7 Å². The van der Waals surface area contributed by atoms with Gasteiger partial charge in [0.15, 0.2) is 0 Å². The molecule has 10 heteroatoms. The number of thiazole rings is 1. The maximum absolute atomic E-state index is 10.7. The van der Waals surface area contributed by atoms with E-state index in [1.807, 2.05) is 26.8 Å². The van der Waals surface area contributed by atoms with Gasteiger partial charge in [0.05, 0.1) is 39.4 Å². The van der Waals surface area contributed by atoms with Crippen molar-refractivity contribution in [3.8, 4) is 10.6 Å². The number of hydrogen-bond donors (Lipinski definition) is 5. The second kappa shape index (κ2) is 8.51. The van der Waals surface area contributed by atoms with Gasteiger partial charge in [0, 0.05) is 18.7 Å². The van der Waals surface area contributed by atoms with Gasteiger partial charge in [-0.2, -0.15) is 4.98 Å². The van der Waals surface area contributed by atoms with Crippen molar-refractivity contribution >= 4 is 33.3 Å². The van der Waals surface area contributed by atoms with Crippen molar-refractivity contribution < 1.29 is 15.3 Å². The number of aryl methyl sites for hydroxylation is 2. The zero-order valence-corrected chi connectivity index (χ0v) is 19.7. The Bertz CT molecular complexity index is 1130. The normalized spacial score (nSPS) is 23.6. The SMILES string of the molecule is CCNc1nc(C)c(-c2nc3c(C)nccc3s2)c(N[C@@H]2C[C@H](C(C)(C)O)[C@@H](O)[C@H]2O)n1. The molecule has 0 saturated heterocycles. The zero-order valence-electron chi connectivity index (χ0n) is 18.9. The molecular formula is C22H30N6O3S. The van der Waals surface area contributed by atoms with Crippen LogP contribution in [0.2, 0.25) is 0 Å². The summed E-state index contributed by atoms with van der Waals surface area (Å²) in [6.07, 6.45) is 0.0826. The van der Waals surface area contributed by atoms with Crippen molar-refractivity contribution in [1.82, 2.24) is 19.9 Å². The van der Waals surface area contributed by atoms with Gasteiger partial charge < -0.3 is 26.0 Å². The first-order chi connectivity index (χ1) is 15.1. The monoisotopic (exact) mass is 458 g/mol. The summed E-state index contributed by atoms with van der Waals surface area (Å²) in [7, 11) is 0. The van der Waals surface area contributed by atoms with Gasteiger partial charge >= 0.3 is 0 Å². The van der Waals surface area contributed by atoms with Crippen LogP contribution < -0.4 is 10.6 Å². The number of aliphatic hydroxyl groups excluding tert-OH is 2. The highest BCUT2D eigenvalue weighted by atomic mass is 32.1. The van der Waals surface area contributed by atoms with Crippen LogP contribution in [0.3, 0.4) is 0 Å². The molecule has 172 valence electrons. The molecule has 3 aromatic rings. The Morgan fingerprint density at radius 3 is 2.50 bits per heavy atom. The lowest BCUT2D eigenvalue weighted by Gasteiger charge is -2.28. The molecule has 0 aromatic carbocycles. The zero-order chi connectivity index (χ0) is 23.2. The second-order valence-corrected chi connectivity index (χ2v) is 9.91. The third kappa shape index (κ3) is 4.15. The van der Waals surface area contributed by atoms with E-state index in [2.05, 4.69) is 25.6 Å². The molecule has 3 aromatic heterocycles. The second-order valence-electron chi connectivity index (χ2n) is 8.88. The van der Waals surface area contributed by atoms with Crippen molar-refractivity contribution in [3.63, 3.8) is 0 Å². The quantitative estimate of drug-likeness (QED) is 0.377. The number of aromatic nitrogens is 4. The number of nitrogens with one attached hydrogen (secondary N) is 2. The van der Waals surface area contributed by atoms with E-state index in [1.165, 1.54) is 11.3 Å². The van der Waals surface area contributed by atoms with Crippen molar-refractivity contribution in [2.45, 2.75) is 64.9 Å². The predicted octanol–water partition coefficient (Wildman–Crippen LogP) is 2.49. The number of nitrogens with zero attached hydrogens (tertiary/aromatic N) is 4.